The molecule has 0 radical (unpaired) electrons. The van der Waals surface area contributed by atoms with Crippen LogP contribution in [0.15, 0.2) is 42.5 Å². The maximum absolute atomic E-state index is 10.8. The first-order valence-electron chi connectivity index (χ1n) is 6.75. The highest BCUT2D eigenvalue weighted by molar-refractivity contribution is 5.86. The molecule has 0 aliphatic heterocycles. The molecule has 0 saturated carbocycles. The SMILES string of the molecule is CC(C)(C)NCC(C)(O)c1cccc2ccccc12. The summed E-state index contributed by atoms with van der Waals surface area (Å²) in [5, 5.41) is 16.4. The Kier molecular flexibility index (Phi) is 3.66. The van der Waals surface area contributed by atoms with Gasteiger partial charge in [0.2, 0.25) is 0 Å². The largest absolute Gasteiger partial charge is 0.384 e. The van der Waals surface area contributed by atoms with Gasteiger partial charge in [0.25, 0.3) is 0 Å². The van der Waals surface area contributed by atoms with Crippen LogP contribution in [-0.2, 0) is 5.60 Å². The first-order chi connectivity index (χ1) is 8.80. The van der Waals surface area contributed by atoms with Gasteiger partial charge in [-0.25, -0.2) is 0 Å². The average molecular weight is 257 g/mol. The Balaban J connectivity index is 2.37. The lowest BCUT2D eigenvalue weighted by molar-refractivity contribution is 0.0516. The molecular weight excluding hydrogens is 234 g/mol. The van der Waals surface area contributed by atoms with E-state index in [1.165, 1.54) is 0 Å². The second-order valence-corrected chi connectivity index (χ2v) is 6.40. The minimum absolute atomic E-state index is 0.00538. The molecule has 2 heteroatoms. The van der Waals surface area contributed by atoms with Crippen molar-refractivity contribution in [1.29, 1.82) is 0 Å². The van der Waals surface area contributed by atoms with Gasteiger partial charge in [0.1, 0.15) is 0 Å². The standard InChI is InChI=1S/C17H23NO/c1-16(2,3)18-12-17(4,19)15-11-7-9-13-8-5-6-10-14(13)15/h5-11,18-19H,12H2,1-4H3. The number of aliphatic hydroxyl groups is 1. The third-order valence-electron chi connectivity index (χ3n) is 3.33. The summed E-state index contributed by atoms with van der Waals surface area (Å²) >= 11 is 0. The molecule has 1 unspecified atom stereocenters. The van der Waals surface area contributed by atoms with Crippen LogP contribution in [0.1, 0.15) is 33.3 Å². The van der Waals surface area contributed by atoms with E-state index in [0.717, 1.165) is 16.3 Å². The van der Waals surface area contributed by atoms with Crippen LogP contribution in [0.3, 0.4) is 0 Å². The maximum atomic E-state index is 10.8. The first-order valence-corrected chi connectivity index (χ1v) is 6.75. The van der Waals surface area contributed by atoms with Gasteiger partial charge in [-0.2, -0.15) is 0 Å². The number of hydrogen-bond donors (Lipinski definition) is 2. The lowest BCUT2D eigenvalue weighted by Gasteiger charge is -2.30. The Labute approximate surface area is 115 Å². The van der Waals surface area contributed by atoms with Crippen LogP contribution in [0.4, 0.5) is 0 Å². The Morgan fingerprint density at radius 3 is 2.26 bits per heavy atom. The topological polar surface area (TPSA) is 32.3 Å². The van der Waals surface area contributed by atoms with Gasteiger partial charge in [0, 0.05) is 12.1 Å². The molecule has 1 atom stereocenters. The number of rotatable bonds is 3. The monoisotopic (exact) mass is 257 g/mol. The lowest BCUT2D eigenvalue weighted by Crippen LogP contribution is -2.44. The molecule has 0 bridgehead atoms. The molecule has 2 N–H and O–H groups in total. The van der Waals surface area contributed by atoms with Crippen LogP contribution >= 0.6 is 0 Å². The maximum Gasteiger partial charge on any atom is 0.0998 e. The summed E-state index contributed by atoms with van der Waals surface area (Å²) in [6.07, 6.45) is 0. The van der Waals surface area contributed by atoms with Crippen molar-refractivity contribution in [2.45, 2.75) is 38.8 Å². The average Bonchev–Trinajstić information content (AvgIpc) is 2.35. The summed E-state index contributed by atoms with van der Waals surface area (Å²) in [5.41, 5.74) is 0.0882. The van der Waals surface area contributed by atoms with Crippen molar-refractivity contribution in [3.8, 4) is 0 Å². The molecule has 0 heterocycles. The van der Waals surface area contributed by atoms with Crippen LogP contribution in [0.5, 0.6) is 0 Å². The van der Waals surface area contributed by atoms with E-state index in [2.05, 4.69) is 44.3 Å². The second-order valence-electron chi connectivity index (χ2n) is 6.40. The predicted octanol–water partition coefficient (Wildman–Crippen LogP) is 3.44. The van der Waals surface area contributed by atoms with Crippen molar-refractivity contribution < 1.29 is 5.11 Å². The zero-order chi connectivity index (χ0) is 14.1. The third-order valence-corrected chi connectivity index (χ3v) is 3.33. The molecule has 0 fully saturated rings. The van der Waals surface area contributed by atoms with E-state index in [-0.39, 0.29) is 5.54 Å². The molecule has 0 aliphatic carbocycles. The molecule has 2 aromatic carbocycles. The molecule has 0 amide bonds. The van der Waals surface area contributed by atoms with Gasteiger partial charge in [0.05, 0.1) is 5.60 Å². The molecular formula is C17H23NO. The van der Waals surface area contributed by atoms with Crippen molar-refractivity contribution in [2.24, 2.45) is 0 Å². The highest BCUT2D eigenvalue weighted by Gasteiger charge is 2.26. The van der Waals surface area contributed by atoms with E-state index in [1.54, 1.807) is 0 Å². The molecule has 2 rings (SSSR count). The number of hydrogen-bond acceptors (Lipinski definition) is 2. The number of fused-ring (bicyclic) bond motifs is 1. The van der Waals surface area contributed by atoms with E-state index < -0.39 is 5.60 Å². The van der Waals surface area contributed by atoms with Crippen molar-refractivity contribution in [2.75, 3.05) is 6.54 Å². The van der Waals surface area contributed by atoms with Crippen molar-refractivity contribution in [3.05, 3.63) is 48.0 Å². The molecule has 19 heavy (non-hydrogen) atoms. The summed E-state index contributed by atoms with van der Waals surface area (Å²) < 4.78 is 0. The Morgan fingerprint density at radius 2 is 1.58 bits per heavy atom. The smallest absolute Gasteiger partial charge is 0.0998 e. The highest BCUT2D eigenvalue weighted by atomic mass is 16.3. The molecule has 0 aliphatic rings. The van der Waals surface area contributed by atoms with Gasteiger partial charge in [0.15, 0.2) is 0 Å². The molecule has 0 spiro atoms. The van der Waals surface area contributed by atoms with Crippen molar-refractivity contribution in [3.63, 3.8) is 0 Å². The van der Waals surface area contributed by atoms with E-state index in [4.69, 9.17) is 0 Å². The van der Waals surface area contributed by atoms with Crippen LogP contribution < -0.4 is 5.32 Å². The highest BCUT2D eigenvalue weighted by Crippen LogP contribution is 2.28. The van der Waals surface area contributed by atoms with Crippen LogP contribution in [-0.4, -0.2) is 17.2 Å². The van der Waals surface area contributed by atoms with Gasteiger partial charge in [-0.3, -0.25) is 0 Å². The fourth-order valence-electron chi connectivity index (χ4n) is 2.23. The molecule has 0 aromatic heterocycles. The molecule has 0 saturated heterocycles. The summed E-state index contributed by atoms with van der Waals surface area (Å²) in [5.74, 6) is 0. The fourth-order valence-corrected chi connectivity index (χ4v) is 2.23. The van der Waals surface area contributed by atoms with Gasteiger partial charge in [-0.15, -0.1) is 0 Å². The zero-order valence-corrected chi connectivity index (χ0v) is 12.2. The molecule has 2 aromatic rings. The van der Waals surface area contributed by atoms with Gasteiger partial charge >= 0.3 is 0 Å². The number of β-amino-alcohol motifs (C(OH)–C–C–N with tert-alkyl or cyclic N) is 1. The summed E-state index contributed by atoms with van der Waals surface area (Å²) in [7, 11) is 0. The van der Waals surface area contributed by atoms with E-state index in [0.29, 0.717) is 6.54 Å². The summed E-state index contributed by atoms with van der Waals surface area (Å²) in [4.78, 5) is 0. The molecule has 2 nitrogen and oxygen atoms in total. The van der Waals surface area contributed by atoms with E-state index in [1.807, 2.05) is 31.2 Å². The predicted molar refractivity (Wildman–Crippen MR) is 81.3 cm³/mol. The zero-order valence-electron chi connectivity index (χ0n) is 12.2. The second kappa shape index (κ2) is 4.95. The minimum atomic E-state index is -0.881. The number of nitrogens with one attached hydrogen (secondary N) is 1. The van der Waals surface area contributed by atoms with E-state index in [9.17, 15) is 5.11 Å². The normalized spacial score (nSPS) is 15.4. The Bertz CT molecular complexity index is 561. The number of benzene rings is 2. The quantitative estimate of drug-likeness (QED) is 0.883. The summed E-state index contributed by atoms with van der Waals surface area (Å²) in [6, 6.07) is 14.3. The fraction of sp³-hybridized carbons (Fsp3) is 0.412. The van der Waals surface area contributed by atoms with Gasteiger partial charge in [-0.05, 0) is 44.0 Å². The van der Waals surface area contributed by atoms with Gasteiger partial charge < -0.3 is 10.4 Å². The van der Waals surface area contributed by atoms with Crippen molar-refractivity contribution >= 4 is 10.8 Å². The Hall–Kier alpha value is -1.38. The van der Waals surface area contributed by atoms with Crippen molar-refractivity contribution in [1.82, 2.24) is 5.32 Å². The lowest BCUT2D eigenvalue weighted by atomic mass is 9.90. The van der Waals surface area contributed by atoms with E-state index >= 15 is 0 Å². The minimum Gasteiger partial charge on any atom is -0.384 e. The van der Waals surface area contributed by atoms with Gasteiger partial charge in [-0.1, -0.05) is 42.5 Å². The summed E-state index contributed by atoms with van der Waals surface area (Å²) in [6.45, 7) is 8.71. The van der Waals surface area contributed by atoms with Crippen LogP contribution in [0, 0.1) is 0 Å². The Morgan fingerprint density at radius 1 is 0.947 bits per heavy atom. The first kappa shape index (κ1) is 14.0. The van der Waals surface area contributed by atoms with Crippen LogP contribution in [0.2, 0.25) is 0 Å². The van der Waals surface area contributed by atoms with Crippen LogP contribution in [0.25, 0.3) is 10.8 Å². The third kappa shape index (κ3) is 3.34. The molecule has 102 valence electrons.